The number of aryl methyl sites for hydroxylation is 2. The zero-order chi connectivity index (χ0) is 27.8. The van der Waals surface area contributed by atoms with Gasteiger partial charge in [0.2, 0.25) is 11.8 Å². The SMILES string of the molecule is C[C@H](N)C(=O)N(CC=O)C(=O)CCn1cc(C2=C(c3cn(C)c4ccccc34)C(=O)NC2=O)c2ccccc21. The first kappa shape index (κ1) is 25.8. The number of imide groups is 2. The van der Waals surface area contributed by atoms with Crippen molar-refractivity contribution < 1.29 is 24.0 Å². The molecular formula is C29H27N5O5. The lowest BCUT2D eigenvalue weighted by Crippen LogP contribution is -2.46. The summed E-state index contributed by atoms with van der Waals surface area (Å²) in [6.07, 6.45) is 3.99. The molecular weight excluding hydrogens is 498 g/mol. The number of aldehydes is 1. The van der Waals surface area contributed by atoms with Crippen molar-refractivity contribution in [2.45, 2.75) is 25.9 Å². The molecule has 1 aliphatic rings. The molecule has 4 aromatic rings. The summed E-state index contributed by atoms with van der Waals surface area (Å²) >= 11 is 0. The number of para-hydroxylation sites is 2. The lowest BCUT2D eigenvalue weighted by molar-refractivity contribution is -0.147. The fourth-order valence-corrected chi connectivity index (χ4v) is 5.13. The van der Waals surface area contributed by atoms with Crippen LogP contribution in [0.4, 0.5) is 0 Å². The quantitative estimate of drug-likeness (QED) is 0.267. The normalized spacial score (nSPS) is 14.2. The molecule has 198 valence electrons. The lowest BCUT2D eigenvalue weighted by Gasteiger charge is -2.20. The van der Waals surface area contributed by atoms with E-state index in [0.29, 0.717) is 17.4 Å². The zero-order valence-electron chi connectivity index (χ0n) is 21.5. The number of hydrogen-bond acceptors (Lipinski definition) is 6. The number of nitrogens with zero attached hydrogens (tertiary/aromatic N) is 3. The summed E-state index contributed by atoms with van der Waals surface area (Å²) in [7, 11) is 1.88. The predicted octanol–water partition coefficient (Wildman–Crippen LogP) is 1.99. The largest absolute Gasteiger partial charge is 0.350 e. The summed E-state index contributed by atoms with van der Waals surface area (Å²) in [6, 6.07) is 14.1. The van der Waals surface area contributed by atoms with Crippen LogP contribution in [0, 0.1) is 0 Å². The zero-order valence-corrected chi connectivity index (χ0v) is 21.5. The van der Waals surface area contributed by atoms with Crippen molar-refractivity contribution in [2.24, 2.45) is 12.8 Å². The monoisotopic (exact) mass is 525 g/mol. The number of nitrogens with two attached hydrogens (primary N) is 1. The number of fused-ring (bicyclic) bond motifs is 2. The Morgan fingerprint density at radius 3 is 2.13 bits per heavy atom. The van der Waals surface area contributed by atoms with Crippen LogP contribution in [0.25, 0.3) is 33.0 Å². The second-order valence-corrected chi connectivity index (χ2v) is 9.51. The van der Waals surface area contributed by atoms with Crippen LogP contribution in [0.3, 0.4) is 0 Å². The maximum absolute atomic E-state index is 13.2. The standard InChI is InChI=1S/C29H27N5O5/c1-17(30)29(39)34(13-14-35)24(36)11-12-33-16-21(19-8-4-6-10-23(19)33)26-25(27(37)31-28(26)38)20-15-32(2)22-9-5-3-7-18(20)22/h3-10,14-17H,11-13,30H2,1-2H3,(H,31,37,38)/t17-/m0/s1. The minimum Gasteiger partial charge on any atom is -0.350 e. The highest BCUT2D eigenvalue weighted by Crippen LogP contribution is 2.38. The van der Waals surface area contributed by atoms with E-state index in [1.54, 1.807) is 6.20 Å². The van der Waals surface area contributed by atoms with Crippen molar-refractivity contribution in [1.29, 1.82) is 0 Å². The van der Waals surface area contributed by atoms with Crippen molar-refractivity contribution in [1.82, 2.24) is 19.4 Å². The van der Waals surface area contributed by atoms with E-state index in [-0.39, 0.29) is 30.7 Å². The summed E-state index contributed by atoms with van der Waals surface area (Å²) < 4.78 is 3.72. The van der Waals surface area contributed by atoms with Gasteiger partial charge in [0.25, 0.3) is 11.8 Å². The summed E-state index contributed by atoms with van der Waals surface area (Å²) in [5.41, 5.74) is 9.07. The summed E-state index contributed by atoms with van der Waals surface area (Å²) in [4.78, 5) is 63.4. The number of carbonyl (C=O) groups is 5. The van der Waals surface area contributed by atoms with Gasteiger partial charge in [-0.3, -0.25) is 29.4 Å². The highest BCUT2D eigenvalue weighted by molar-refractivity contribution is 6.50. The molecule has 3 N–H and O–H groups in total. The average Bonchev–Trinajstić information content (AvgIpc) is 3.55. The van der Waals surface area contributed by atoms with Crippen LogP contribution in [0.15, 0.2) is 60.9 Å². The van der Waals surface area contributed by atoms with E-state index in [2.05, 4.69) is 5.32 Å². The molecule has 39 heavy (non-hydrogen) atoms. The van der Waals surface area contributed by atoms with E-state index in [1.165, 1.54) is 6.92 Å². The van der Waals surface area contributed by atoms with E-state index < -0.39 is 29.7 Å². The fraction of sp³-hybridized carbons (Fsp3) is 0.207. The first-order chi connectivity index (χ1) is 18.7. The van der Waals surface area contributed by atoms with Crippen molar-refractivity contribution >= 4 is 62.9 Å². The van der Waals surface area contributed by atoms with Crippen LogP contribution >= 0.6 is 0 Å². The Hall–Kier alpha value is -4.83. The molecule has 10 nitrogen and oxygen atoms in total. The molecule has 0 saturated carbocycles. The Labute approximate surface area is 223 Å². The third-order valence-electron chi connectivity index (χ3n) is 6.94. The van der Waals surface area contributed by atoms with Crippen LogP contribution in [-0.4, -0.2) is 56.5 Å². The number of aromatic nitrogens is 2. The van der Waals surface area contributed by atoms with Gasteiger partial charge in [0.15, 0.2) is 0 Å². The molecule has 4 amide bonds. The highest BCUT2D eigenvalue weighted by Gasteiger charge is 2.35. The molecule has 0 aliphatic carbocycles. The van der Waals surface area contributed by atoms with Gasteiger partial charge in [-0.2, -0.15) is 0 Å². The highest BCUT2D eigenvalue weighted by atomic mass is 16.2. The minimum atomic E-state index is -0.925. The van der Waals surface area contributed by atoms with Crippen LogP contribution in [-0.2, 0) is 37.6 Å². The van der Waals surface area contributed by atoms with E-state index in [1.807, 2.05) is 70.9 Å². The van der Waals surface area contributed by atoms with Crippen molar-refractivity contribution in [3.63, 3.8) is 0 Å². The van der Waals surface area contributed by atoms with Gasteiger partial charge < -0.3 is 19.7 Å². The Morgan fingerprint density at radius 2 is 1.51 bits per heavy atom. The van der Waals surface area contributed by atoms with Crippen LogP contribution in [0.2, 0.25) is 0 Å². The number of rotatable bonds is 8. The van der Waals surface area contributed by atoms with Gasteiger partial charge in [-0.25, -0.2) is 0 Å². The number of amides is 4. The van der Waals surface area contributed by atoms with Crippen molar-refractivity contribution in [3.05, 3.63) is 72.1 Å². The van der Waals surface area contributed by atoms with Crippen LogP contribution in [0.5, 0.6) is 0 Å². The summed E-state index contributed by atoms with van der Waals surface area (Å²) in [5, 5.41) is 4.03. The molecule has 0 unspecified atom stereocenters. The van der Waals surface area contributed by atoms with Crippen molar-refractivity contribution in [3.8, 4) is 0 Å². The molecule has 2 aromatic heterocycles. The molecule has 0 spiro atoms. The summed E-state index contributed by atoms with van der Waals surface area (Å²) in [5.74, 6) is -2.14. The maximum atomic E-state index is 13.2. The average molecular weight is 526 g/mol. The van der Waals surface area contributed by atoms with Gasteiger partial charge >= 0.3 is 0 Å². The molecule has 10 heteroatoms. The number of hydrogen-bond donors (Lipinski definition) is 2. The maximum Gasteiger partial charge on any atom is 0.259 e. The molecule has 5 rings (SSSR count). The smallest absolute Gasteiger partial charge is 0.259 e. The third kappa shape index (κ3) is 4.44. The van der Waals surface area contributed by atoms with Gasteiger partial charge in [-0.05, 0) is 19.1 Å². The number of carbonyl (C=O) groups excluding carboxylic acids is 5. The Morgan fingerprint density at radius 1 is 0.949 bits per heavy atom. The number of nitrogens with one attached hydrogen (secondary N) is 1. The van der Waals surface area contributed by atoms with E-state index in [0.717, 1.165) is 26.7 Å². The Balaban J connectivity index is 1.59. The Bertz CT molecular complexity index is 1710. The Kier molecular flexibility index (Phi) is 6.71. The third-order valence-corrected chi connectivity index (χ3v) is 6.94. The lowest BCUT2D eigenvalue weighted by atomic mass is 9.95. The van der Waals surface area contributed by atoms with Gasteiger partial charge in [-0.15, -0.1) is 0 Å². The topological polar surface area (TPSA) is 136 Å². The minimum absolute atomic E-state index is 0.0786. The van der Waals surface area contributed by atoms with Crippen molar-refractivity contribution in [2.75, 3.05) is 6.54 Å². The van der Waals surface area contributed by atoms with E-state index >= 15 is 0 Å². The molecule has 0 bridgehead atoms. The van der Waals surface area contributed by atoms with Crippen LogP contribution in [0.1, 0.15) is 24.5 Å². The first-order valence-electron chi connectivity index (χ1n) is 12.5. The van der Waals surface area contributed by atoms with E-state index in [9.17, 15) is 24.0 Å². The molecule has 0 radical (unpaired) electrons. The number of benzene rings is 2. The van der Waals surface area contributed by atoms with Gasteiger partial charge in [0, 0.05) is 65.3 Å². The molecule has 0 saturated heterocycles. The fourth-order valence-electron chi connectivity index (χ4n) is 5.13. The molecule has 3 heterocycles. The van der Waals surface area contributed by atoms with Crippen LogP contribution < -0.4 is 11.1 Å². The van der Waals surface area contributed by atoms with Gasteiger partial charge in [0.05, 0.1) is 23.7 Å². The predicted molar refractivity (Wildman–Crippen MR) is 146 cm³/mol. The summed E-state index contributed by atoms with van der Waals surface area (Å²) in [6.45, 7) is 1.25. The second-order valence-electron chi connectivity index (χ2n) is 9.51. The molecule has 2 aromatic carbocycles. The molecule has 1 atom stereocenters. The molecule has 0 fully saturated rings. The van der Waals surface area contributed by atoms with E-state index in [4.69, 9.17) is 5.73 Å². The first-order valence-corrected chi connectivity index (χ1v) is 12.5. The van der Waals surface area contributed by atoms with Gasteiger partial charge in [-0.1, -0.05) is 36.4 Å². The van der Waals surface area contributed by atoms with Gasteiger partial charge in [0.1, 0.15) is 6.29 Å². The second kappa shape index (κ2) is 10.1. The molecule has 1 aliphatic heterocycles.